The molecule has 3 aromatic rings. The molecule has 190 valence electrons. The highest BCUT2D eigenvalue weighted by Crippen LogP contribution is 2.41. The van der Waals surface area contributed by atoms with E-state index in [4.69, 9.17) is 32.7 Å². The van der Waals surface area contributed by atoms with Gasteiger partial charge in [-0.25, -0.2) is 8.42 Å². The highest BCUT2D eigenvalue weighted by atomic mass is 35.5. The fourth-order valence-corrected chi connectivity index (χ4v) is 5.85. The minimum atomic E-state index is -3.25. The molecule has 0 spiro atoms. The topological polar surface area (TPSA) is 69.7 Å². The minimum absolute atomic E-state index is 0.0450. The first-order valence-electron chi connectivity index (χ1n) is 11.9. The normalized spacial score (nSPS) is 15.4. The van der Waals surface area contributed by atoms with Crippen LogP contribution in [0.4, 0.5) is 0 Å². The van der Waals surface area contributed by atoms with Crippen molar-refractivity contribution in [1.29, 1.82) is 0 Å². The Morgan fingerprint density at radius 1 is 0.917 bits per heavy atom. The average Bonchev–Trinajstić information content (AvgIpc) is 2.86. The van der Waals surface area contributed by atoms with Crippen molar-refractivity contribution in [2.24, 2.45) is 0 Å². The predicted molar refractivity (Wildman–Crippen MR) is 142 cm³/mol. The third-order valence-corrected chi connectivity index (χ3v) is 8.72. The number of sulfone groups is 1. The van der Waals surface area contributed by atoms with Crippen LogP contribution >= 0.6 is 23.2 Å². The SMILES string of the molecule is CCS(=O)(=O)c1ccc(CC(=O)Cc2ccc(OC3(c4ccc(Cl)cc4Cl)CCOCC3)cc2)cc1. The molecule has 0 atom stereocenters. The van der Waals surface area contributed by atoms with Crippen molar-refractivity contribution >= 4 is 38.8 Å². The lowest BCUT2D eigenvalue weighted by Crippen LogP contribution is -2.39. The molecule has 1 heterocycles. The molecule has 1 saturated heterocycles. The van der Waals surface area contributed by atoms with E-state index in [1.165, 1.54) is 0 Å². The van der Waals surface area contributed by atoms with Gasteiger partial charge in [0, 0.05) is 41.3 Å². The zero-order chi connectivity index (χ0) is 25.8. The van der Waals surface area contributed by atoms with Gasteiger partial charge in [-0.2, -0.15) is 0 Å². The number of benzene rings is 3. The van der Waals surface area contributed by atoms with E-state index in [-0.39, 0.29) is 29.3 Å². The molecule has 0 radical (unpaired) electrons. The molecule has 0 saturated carbocycles. The van der Waals surface area contributed by atoms with Crippen molar-refractivity contribution in [3.63, 3.8) is 0 Å². The number of hydrogen-bond donors (Lipinski definition) is 0. The first kappa shape index (κ1) is 26.7. The second-order valence-corrected chi connectivity index (χ2v) is 12.0. The minimum Gasteiger partial charge on any atom is -0.482 e. The third-order valence-electron chi connectivity index (χ3n) is 6.42. The van der Waals surface area contributed by atoms with Gasteiger partial charge >= 0.3 is 0 Å². The fraction of sp³-hybridized carbons (Fsp3) is 0.321. The van der Waals surface area contributed by atoms with Gasteiger partial charge in [0.2, 0.25) is 0 Å². The summed E-state index contributed by atoms with van der Waals surface area (Å²) in [6, 6.07) is 19.5. The van der Waals surface area contributed by atoms with Crippen LogP contribution < -0.4 is 4.74 Å². The Morgan fingerprint density at radius 2 is 1.50 bits per heavy atom. The van der Waals surface area contributed by atoms with Crippen molar-refractivity contribution < 1.29 is 22.7 Å². The Hall–Kier alpha value is -2.38. The summed E-state index contributed by atoms with van der Waals surface area (Å²) < 4.78 is 36.0. The van der Waals surface area contributed by atoms with E-state index in [2.05, 4.69) is 0 Å². The molecule has 1 fully saturated rings. The van der Waals surface area contributed by atoms with Gasteiger partial charge in [-0.1, -0.05) is 60.5 Å². The summed E-state index contributed by atoms with van der Waals surface area (Å²) in [6.07, 6.45) is 1.83. The van der Waals surface area contributed by atoms with Gasteiger partial charge in [-0.3, -0.25) is 4.79 Å². The molecule has 0 aromatic heterocycles. The van der Waals surface area contributed by atoms with E-state index in [0.29, 0.717) is 41.9 Å². The molecule has 0 N–H and O–H groups in total. The summed E-state index contributed by atoms with van der Waals surface area (Å²) in [5, 5.41) is 1.13. The number of Topliss-reactive ketones (excluding diaryl/α,β-unsaturated/α-hetero) is 1. The first-order valence-corrected chi connectivity index (χ1v) is 14.3. The maximum absolute atomic E-state index is 12.6. The van der Waals surface area contributed by atoms with Crippen molar-refractivity contribution in [1.82, 2.24) is 0 Å². The maximum atomic E-state index is 12.6. The summed E-state index contributed by atoms with van der Waals surface area (Å²) in [5.74, 6) is 0.780. The van der Waals surface area contributed by atoms with Crippen LogP contribution in [0.1, 0.15) is 36.5 Å². The van der Waals surface area contributed by atoms with Crippen LogP contribution in [0.15, 0.2) is 71.6 Å². The lowest BCUT2D eigenvalue weighted by atomic mass is 9.86. The van der Waals surface area contributed by atoms with Gasteiger partial charge in [0.1, 0.15) is 17.1 Å². The summed E-state index contributed by atoms with van der Waals surface area (Å²) in [4.78, 5) is 12.9. The highest BCUT2D eigenvalue weighted by Gasteiger charge is 2.38. The number of rotatable bonds is 9. The summed E-state index contributed by atoms with van der Waals surface area (Å²) in [6.45, 7) is 2.74. The Labute approximate surface area is 222 Å². The Balaban J connectivity index is 1.42. The van der Waals surface area contributed by atoms with Crippen LogP contribution in [0.5, 0.6) is 5.75 Å². The standard InChI is InChI=1S/C28H28Cl2O5S/c1-2-36(32,33)25-10-5-21(6-11-25)18-23(31)17-20-3-8-24(9-4-20)35-28(13-15-34-16-14-28)26-12-7-22(29)19-27(26)30/h3-12,19H,2,13-18H2,1H3. The number of halogens is 2. The molecule has 5 nitrogen and oxygen atoms in total. The van der Waals surface area contributed by atoms with Crippen LogP contribution in [0.2, 0.25) is 10.0 Å². The van der Waals surface area contributed by atoms with E-state index < -0.39 is 15.4 Å². The molecule has 0 bridgehead atoms. The Morgan fingerprint density at radius 3 is 2.06 bits per heavy atom. The quantitative estimate of drug-likeness (QED) is 0.318. The summed E-state index contributed by atoms with van der Waals surface area (Å²) in [7, 11) is -3.25. The van der Waals surface area contributed by atoms with E-state index >= 15 is 0 Å². The van der Waals surface area contributed by atoms with Gasteiger partial charge in [-0.05, 0) is 47.5 Å². The van der Waals surface area contributed by atoms with E-state index in [1.54, 1.807) is 37.3 Å². The van der Waals surface area contributed by atoms with Gasteiger partial charge in [0.25, 0.3) is 0 Å². The monoisotopic (exact) mass is 546 g/mol. The molecule has 36 heavy (non-hydrogen) atoms. The van der Waals surface area contributed by atoms with Gasteiger partial charge in [0.15, 0.2) is 9.84 Å². The van der Waals surface area contributed by atoms with Crippen LogP contribution in [-0.2, 0) is 37.8 Å². The Kier molecular flexibility index (Phi) is 8.41. The van der Waals surface area contributed by atoms with Gasteiger partial charge in [0.05, 0.1) is 23.9 Å². The molecule has 0 aliphatic carbocycles. The van der Waals surface area contributed by atoms with Gasteiger partial charge < -0.3 is 9.47 Å². The van der Waals surface area contributed by atoms with Crippen molar-refractivity contribution in [2.75, 3.05) is 19.0 Å². The van der Waals surface area contributed by atoms with Crippen LogP contribution in [0.3, 0.4) is 0 Å². The van der Waals surface area contributed by atoms with Gasteiger partial charge in [-0.15, -0.1) is 0 Å². The predicted octanol–water partition coefficient (Wildman–Crippen LogP) is 6.23. The molecular weight excluding hydrogens is 519 g/mol. The highest BCUT2D eigenvalue weighted by molar-refractivity contribution is 7.91. The molecule has 3 aromatic carbocycles. The van der Waals surface area contributed by atoms with Crippen molar-refractivity contribution in [3.05, 3.63) is 93.5 Å². The molecule has 8 heteroatoms. The van der Waals surface area contributed by atoms with E-state index in [1.807, 2.05) is 36.4 Å². The average molecular weight is 548 g/mol. The summed E-state index contributed by atoms with van der Waals surface area (Å²) in [5.41, 5.74) is 1.93. The lowest BCUT2D eigenvalue weighted by molar-refractivity contribution is -0.117. The van der Waals surface area contributed by atoms with Crippen molar-refractivity contribution in [2.45, 2.75) is 43.1 Å². The molecular formula is C28H28Cl2O5S. The zero-order valence-electron chi connectivity index (χ0n) is 20.0. The molecule has 0 unspecified atom stereocenters. The first-order chi connectivity index (χ1) is 17.2. The van der Waals surface area contributed by atoms with E-state index in [0.717, 1.165) is 16.7 Å². The lowest BCUT2D eigenvalue weighted by Gasteiger charge is -2.38. The number of ketones is 1. The molecule has 4 rings (SSSR count). The molecule has 1 aliphatic heterocycles. The van der Waals surface area contributed by atoms with Crippen molar-refractivity contribution in [3.8, 4) is 5.75 Å². The van der Waals surface area contributed by atoms with Crippen LogP contribution in [0.25, 0.3) is 0 Å². The fourth-order valence-electron chi connectivity index (χ4n) is 4.39. The molecule has 1 aliphatic rings. The zero-order valence-corrected chi connectivity index (χ0v) is 22.3. The number of carbonyl (C=O) groups is 1. The van der Waals surface area contributed by atoms with E-state index in [9.17, 15) is 13.2 Å². The second kappa shape index (κ2) is 11.3. The summed E-state index contributed by atoms with van der Waals surface area (Å²) >= 11 is 12.6. The smallest absolute Gasteiger partial charge is 0.178 e. The van der Waals surface area contributed by atoms with Crippen LogP contribution in [0, 0.1) is 0 Å². The number of carbonyl (C=O) groups excluding carboxylic acids is 1. The van der Waals surface area contributed by atoms with Crippen LogP contribution in [-0.4, -0.2) is 33.2 Å². The number of hydrogen-bond acceptors (Lipinski definition) is 5. The molecule has 0 amide bonds. The maximum Gasteiger partial charge on any atom is 0.178 e. The number of ether oxygens (including phenoxy) is 2. The second-order valence-electron chi connectivity index (χ2n) is 8.92. The Bertz CT molecular complexity index is 1310. The third kappa shape index (κ3) is 6.30. The largest absolute Gasteiger partial charge is 0.482 e.